The summed E-state index contributed by atoms with van der Waals surface area (Å²) >= 11 is 0. The summed E-state index contributed by atoms with van der Waals surface area (Å²) in [6.45, 7) is 2.32. The number of rotatable bonds is 8. The summed E-state index contributed by atoms with van der Waals surface area (Å²) in [4.78, 5) is 4.25. The molecule has 0 radical (unpaired) electrons. The Morgan fingerprint density at radius 1 is 0.943 bits per heavy atom. The summed E-state index contributed by atoms with van der Waals surface area (Å²) in [6.07, 6.45) is -2.85. The van der Waals surface area contributed by atoms with E-state index in [1.165, 1.54) is 19.2 Å². The maximum atomic E-state index is 13.8. The van der Waals surface area contributed by atoms with Crippen molar-refractivity contribution < 1.29 is 27.0 Å². The van der Waals surface area contributed by atoms with Crippen molar-refractivity contribution in [3.63, 3.8) is 0 Å². The van der Waals surface area contributed by atoms with Gasteiger partial charge in [0.1, 0.15) is 23.9 Å². The number of nitrogens with zero attached hydrogens (tertiary/aromatic N) is 1. The van der Waals surface area contributed by atoms with E-state index >= 15 is 0 Å². The lowest BCUT2D eigenvalue weighted by molar-refractivity contribution is -0.137. The third-order valence-corrected chi connectivity index (χ3v) is 5.62. The van der Waals surface area contributed by atoms with Crippen LogP contribution in [0.1, 0.15) is 24.1 Å². The molecule has 0 aliphatic rings. The Balaban J connectivity index is 1.48. The summed E-state index contributed by atoms with van der Waals surface area (Å²) in [5, 5.41) is 4.01. The fraction of sp³-hybridized carbons (Fsp3) is 0.222. The van der Waals surface area contributed by atoms with Gasteiger partial charge in [0, 0.05) is 30.2 Å². The van der Waals surface area contributed by atoms with Crippen LogP contribution in [0.5, 0.6) is 11.5 Å². The summed E-state index contributed by atoms with van der Waals surface area (Å²) in [5.74, 6) is 0.110. The molecule has 1 unspecified atom stereocenters. The molecule has 0 aliphatic carbocycles. The van der Waals surface area contributed by atoms with Crippen molar-refractivity contribution in [2.45, 2.75) is 19.1 Å². The van der Waals surface area contributed by atoms with E-state index in [0.29, 0.717) is 29.0 Å². The summed E-state index contributed by atoms with van der Waals surface area (Å²) in [7, 11) is 1.46. The first kappa shape index (κ1) is 24.5. The number of nitrogens with one attached hydrogen (secondary N) is 1. The summed E-state index contributed by atoms with van der Waals surface area (Å²) in [6, 6.07) is 16.9. The zero-order valence-electron chi connectivity index (χ0n) is 19.2. The first-order valence-corrected chi connectivity index (χ1v) is 11.0. The van der Waals surface area contributed by atoms with Crippen LogP contribution >= 0.6 is 0 Å². The van der Waals surface area contributed by atoms with E-state index in [-0.39, 0.29) is 18.4 Å². The molecule has 4 nitrogen and oxygen atoms in total. The minimum absolute atomic E-state index is 0.114. The Hall–Kier alpha value is -3.65. The lowest BCUT2D eigenvalue weighted by atomic mass is 10.0. The molecule has 1 atom stereocenters. The maximum absolute atomic E-state index is 13.8. The van der Waals surface area contributed by atoms with Gasteiger partial charge in [-0.15, -0.1) is 0 Å². The molecule has 0 amide bonds. The molecule has 4 rings (SSSR count). The van der Waals surface area contributed by atoms with Gasteiger partial charge in [0.2, 0.25) is 0 Å². The second kappa shape index (κ2) is 10.3. The van der Waals surface area contributed by atoms with Crippen LogP contribution in [0.3, 0.4) is 0 Å². The van der Waals surface area contributed by atoms with Crippen LogP contribution in [0.2, 0.25) is 0 Å². The molecule has 3 aromatic carbocycles. The molecule has 0 bridgehead atoms. The average Bonchev–Trinajstić information content (AvgIpc) is 2.85. The molecule has 182 valence electrons. The molecular weight excluding hydrogens is 460 g/mol. The number of hydrogen-bond acceptors (Lipinski definition) is 4. The fourth-order valence-corrected chi connectivity index (χ4v) is 3.78. The van der Waals surface area contributed by atoms with Crippen molar-refractivity contribution >= 4 is 10.9 Å². The highest BCUT2D eigenvalue weighted by molar-refractivity contribution is 5.84. The van der Waals surface area contributed by atoms with Crippen molar-refractivity contribution in [2.75, 3.05) is 20.3 Å². The fourth-order valence-electron chi connectivity index (χ4n) is 3.78. The standard InChI is InChI=1S/C27H24F4N2O2/c1-17(20-12-23(28)16-24(13-20)34-2)32-8-9-35-25-14-21(11-22(15-25)27(29,30)31)18-5-6-26-19(10-18)4-3-7-33-26/h3-7,10-17,32H,8-9H2,1-2H3. The van der Waals surface area contributed by atoms with E-state index < -0.39 is 17.6 Å². The van der Waals surface area contributed by atoms with Gasteiger partial charge in [-0.2, -0.15) is 13.2 Å². The van der Waals surface area contributed by atoms with Crippen molar-refractivity contribution in [3.05, 3.63) is 89.9 Å². The van der Waals surface area contributed by atoms with Crippen LogP contribution < -0.4 is 14.8 Å². The third kappa shape index (κ3) is 6.08. The number of ether oxygens (including phenoxy) is 2. The molecule has 0 saturated carbocycles. The Bertz CT molecular complexity index is 1320. The van der Waals surface area contributed by atoms with Crippen LogP contribution in [0.25, 0.3) is 22.0 Å². The Morgan fingerprint density at radius 3 is 2.54 bits per heavy atom. The van der Waals surface area contributed by atoms with Crippen LogP contribution in [0.4, 0.5) is 17.6 Å². The smallest absolute Gasteiger partial charge is 0.416 e. The molecule has 4 aromatic rings. The maximum Gasteiger partial charge on any atom is 0.416 e. The van der Waals surface area contributed by atoms with E-state index in [4.69, 9.17) is 9.47 Å². The summed E-state index contributed by atoms with van der Waals surface area (Å²) < 4.78 is 65.2. The van der Waals surface area contributed by atoms with E-state index in [1.807, 2.05) is 13.0 Å². The Kier molecular flexibility index (Phi) is 7.21. The minimum atomic E-state index is -4.52. The van der Waals surface area contributed by atoms with Crippen molar-refractivity contribution in [3.8, 4) is 22.6 Å². The van der Waals surface area contributed by atoms with Crippen LogP contribution in [0.15, 0.2) is 72.9 Å². The Labute approximate surface area is 200 Å². The highest BCUT2D eigenvalue weighted by Gasteiger charge is 2.31. The van der Waals surface area contributed by atoms with Crippen LogP contribution in [0, 0.1) is 5.82 Å². The van der Waals surface area contributed by atoms with Crippen LogP contribution in [-0.2, 0) is 6.18 Å². The SMILES string of the molecule is COc1cc(F)cc(C(C)NCCOc2cc(-c3ccc4ncccc4c3)cc(C(F)(F)F)c2)c1. The molecule has 1 N–H and O–H groups in total. The van der Waals surface area contributed by atoms with Gasteiger partial charge >= 0.3 is 6.18 Å². The van der Waals surface area contributed by atoms with E-state index in [9.17, 15) is 17.6 Å². The highest BCUT2D eigenvalue weighted by Crippen LogP contribution is 2.36. The van der Waals surface area contributed by atoms with Crippen molar-refractivity contribution in [1.82, 2.24) is 10.3 Å². The largest absolute Gasteiger partial charge is 0.497 e. The molecular formula is C27H24F4N2O2. The van der Waals surface area contributed by atoms with Gasteiger partial charge in [0.15, 0.2) is 0 Å². The van der Waals surface area contributed by atoms with Gasteiger partial charge in [-0.3, -0.25) is 4.98 Å². The quantitative estimate of drug-likeness (QED) is 0.221. The molecule has 1 heterocycles. The van der Waals surface area contributed by atoms with Gasteiger partial charge in [0.25, 0.3) is 0 Å². The number of aromatic nitrogens is 1. The van der Waals surface area contributed by atoms with Gasteiger partial charge in [-0.05, 0) is 72.1 Å². The zero-order chi connectivity index (χ0) is 25.0. The minimum Gasteiger partial charge on any atom is -0.497 e. The highest BCUT2D eigenvalue weighted by atomic mass is 19.4. The molecule has 1 aromatic heterocycles. The lowest BCUT2D eigenvalue weighted by Crippen LogP contribution is -2.24. The number of fused-ring (bicyclic) bond motifs is 1. The number of halogens is 4. The third-order valence-electron chi connectivity index (χ3n) is 5.62. The van der Waals surface area contributed by atoms with E-state index in [1.54, 1.807) is 42.6 Å². The van der Waals surface area contributed by atoms with Gasteiger partial charge in [0.05, 0.1) is 18.2 Å². The van der Waals surface area contributed by atoms with E-state index in [0.717, 1.165) is 23.0 Å². The van der Waals surface area contributed by atoms with Gasteiger partial charge in [-0.1, -0.05) is 12.1 Å². The van der Waals surface area contributed by atoms with Gasteiger partial charge < -0.3 is 14.8 Å². The lowest BCUT2D eigenvalue weighted by Gasteiger charge is -2.17. The molecule has 0 fully saturated rings. The number of pyridine rings is 1. The predicted molar refractivity (Wildman–Crippen MR) is 127 cm³/mol. The monoisotopic (exact) mass is 484 g/mol. The average molecular weight is 484 g/mol. The number of methoxy groups -OCH3 is 1. The summed E-state index contributed by atoms with van der Waals surface area (Å²) in [5.41, 5.74) is 1.69. The number of alkyl halides is 3. The first-order valence-electron chi connectivity index (χ1n) is 11.0. The predicted octanol–water partition coefficient (Wildman–Crippen LogP) is 6.80. The van der Waals surface area contributed by atoms with Gasteiger partial charge in [-0.25, -0.2) is 4.39 Å². The molecule has 0 aliphatic heterocycles. The second-order valence-corrected chi connectivity index (χ2v) is 8.10. The molecule has 0 saturated heterocycles. The van der Waals surface area contributed by atoms with Crippen molar-refractivity contribution in [1.29, 1.82) is 0 Å². The first-order chi connectivity index (χ1) is 16.7. The topological polar surface area (TPSA) is 43.4 Å². The van der Waals surface area contributed by atoms with Crippen molar-refractivity contribution in [2.24, 2.45) is 0 Å². The second-order valence-electron chi connectivity index (χ2n) is 8.10. The zero-order valence-corrected chi connectivity index (χ0v) is 19.2. The van der Waals surface area contributed by atoms with Crippen LogP contribution in [-0.4, -0.2) is 25.2 Å². The Morgan fingerprint density at radius 2 is 1.77 bits per heavy atom. The molecule has 0 spiro atoms. The normalized spacial score (nSPS) is 12.5. The number of benzene rings is 3. The molecule has 8 heteroatoms. The molecule has 35 heavy (non-hydrogen) atoms. The number of hydrogen-bond donors (Lipinski definition) is 1. The van der Waals surface area contributed by atoms with E-state index in [2.05, 4.69) is 10.3 Å².